The number of hydrogen-bond donors (Lipinski definition) is 3. The molecule has 0 fully saturated rings. The third-order valence-corrected chi connectivity index (χ3v) is 17.9. The quantitative estimate of drug-likeness (QED) is 0.0222. The molecule has 0 rings (SSSR count). The SMILES string of the molecule is CCCCCCCCCCCCCC(=O)OC[C@H](COP(=O)(O)OC[C@@H](O)COP(=O)(O)OC[C@@H](COC(=O)CCCCCCCCC(C)C)OC(=O)CCCCCCCCC(C)C)OC(=O)CCCCCCCCCCCCCCCCC(C)CC. The fraction of sp³-hybridized carbons (Fsp3) is 0.941. The molecule has 0 aliphatic rings. The Hall–Kier alpha value is -1.94. The molecule has 0 aromatic rings. The van der Waals surface area contributed by atoms with Crippen molar-refractivity contribution in [2.45, 2.75) is 356 Å². The Labute approximate surface area is 530 Å². The number of ether oxygens (including phenoxy) is 4. The van der Waals surface area contributed by atoms with Gasteiger partial charge < -0.3 is 33.8 Å². The van der Waals surface area contributed by atoms with Gasteiger partial charge in [0.05, 0.1) is 26.4 Å². The largest absolute Gasteiger partial charge is 0.472 e. The highest BCUT2D eigenvalue weighted by Gasteiger charge is 2.30. The van der Waals surface area contributed by atoms with Crippen molar-refractivity contribution in [3.8, 4) is 0 Å². The second-order valence-electron chi connectivity index (χ2n) is 25.8. The van der Waals surface area contributed by atoms with Crippen molar-refractivity contribution in [1.29, 1.82) is 0 Å². The van der Waals surface area contributed by atoms with Crippen molar-refractivity contribution in [2.75, 3.05) is 39.6 Å². The molecule has 0 amide bonds. The molecule has 0 aliphatic carbocycles. The molecule has 0 radical (unpaired) electrons. The number of phosphoric acid groups is 2. The summed E-state index contributed by atoms with van der Waals surface area (Å²) in [6.07, 6.45) is 42.0. The summed E-state index contributed by atoms with van der Waals surface area (Å²) < 4.78 is 68.1. The molecular weight excluding hydrogens is 1150 g/mol. The van der Waals surface area contributed by atoms with Gasteiger partial charge in [-0.3, -0.25) is 37.3 Å². The second-order valence-corrected chi connectivity index (χ2v) is 28.7. The van der Waals surface area contributed by atoms with Crippen LogP contribution in [0.25, 0.3) is 0 Å². The minimum atomic E-state index is -4.95. The van der Waals surface area contributed by atoms with Crippen molar-refractivity contribution < 1.29 is 80.2 Å². The summed E-state index contributed by atoms with van der Waals surface area (Å²) in [5.74, 6) is 0.0596. The zero-order valence-electron chi connectivity index (χ0n) is 56.5. The molecule has 3 N–H and O–H groups in total. The maximum Gasteiger partial charge on any atom is 0.472 e. The lowest BCUT2D eigenvalue weighted by Crippen LogP contribution is -2.30. The van der Waals surface area contributed by atoms with Crippen LogP contribution in [0.3, 0.4) is 0 Å². The van der Waals surface area contributed by atoms with E-state index in [1.165, 1.54) is 141 Å². The van der Waals surface area contributed by atoms with E-state index in [1.54, 1.807) is 0 Å². The molecule has 0 spiro atoms. The standard InChI is InChI=1S/C68H132O17P2/c1-8-10-11-12-13-14-19-23-26-35-42-49-65(70)78-55-63(84-67(72)51-44-37-27-24-21-18-16-15-17-20-22-25-34-41-48-61(7)9-2)57-82-86(74,75)80-53-62(69)54-81-87(76,77)83-58-64(85-68(73)52-45-38-31-29-33-40-47-60(5)6)56-79-66(71)50-43-36-30-28-32-39-46-59(3)4/h59-64,69H,8-58H2,1-7H3,(H,74,75)(H,76,77)/t61?,62-,63-,64-/m1/s1. The van der Waals surface area contributed by atoms with E-state index in [-0.39, 0.29) is 25.7 Å². The van der Waals surface area contributed by atoms with E-state index < -0.39 is 97.5 Å². The van der Waals surface area contributed by atoms with Crippen LogP contribution in [0, 0.1) is 17.8 Å². The Morgan fingerprint density at radius 3 is 0.874 bits per heavy atom. The summed E-state index contributed by atoms with van der Waals surface area (Å²) in [7, 11) is -9.89. The fourth-order valence-electron chi connectivity index (χ4n) is 10.2. The Balaban J connectivity index is 5.20. The lowest BCUT2D eigenvalue weighted by Gasteiger charge is -2.21. The summed E-state index contributed by atoms with van der Waals surface area (Å²) in [4.78, 5) is 72.3. The first-order chi connectivity index (χ1) is 41.8. The predicted molar refractivity (Wildman–Crippen MR) is 349 cm³/mol. The topological polar surface area (TPSA) is 237 Å². The molecule has 0 bridgehead atoms. The first-order valence-corrected chi connectivity index (χ1v) is 38.4. The van der Waals surface area contributed by atoms with Gasteiger partial charge in [0, 0.05) is 25.7 Å². The van der Waals surface area contributed by atoms with E-state index in [0.717, 1.165) is 102 Å². The molecule has 19 heteroatoms. The van der Waals surface area contributed by atoms with Gasteiger partial charge in [-0.05, 0) is 43.4 Å². The molecule has 0 heterocycles. The molecule has 516 valence electrons. The normalized spacial score (nSPS) is 14.6. The van der Waals surface area contributed by atoms with Crippen LogP contribution >= 0.6 is 15.6 Å². The molecule has 0 saturated carbocycles. The lowest BCUT2D eigenvalue weighted by atomic mass is 9.99. The summed E-state index contributed by atoms with van der Waals surface area (Å²) in [5, 5.41) is 10.6. The zero-order chi connectivity index (χ0) is 64.5. The van der Waals surface area contributed by atoms with Crippen LogP contribution in [0.15, 0.2) is 0 Å². The summed E-state index contributed by atoms with van der Waals surface area (Å²) in [6.45, 7) is 11.7. The monoisotopic (exact) mass is 1280 g/mol. The van der Waals surface area contributed by atoms with Gasteiger partial charge in [0.2, 0.25) is 0 Å². The molecule has 6 atom stereocenters. The van der Waals surface area contributed by atoms with Gasteiger partial charge in [0.15, 0.2) is 12.2 Å². The lowest BCUT2D eigenvalue weighted by molar-refractivity contribution is -0.161. The molecule has 87 heavy (non-hydrogen) atoms. The number of esters is 4. The van der Waals surface area contributed by atoms with Gasteiger partial charge in [-0.1, -0.05) is 286 Å². The zero-order valence-corrected chi connectivity index (χ0v) is 58.3. The number of carbonyl (C=O) groups is 4. The number of hydrogen-bond acceptors (Lipinski definition) is 15. The maximum atomic E-state index is 13.0. The van der Waals surface area contributed by atoms with Gasteiger partial charge in [-0.2, -0.15) is 0 Å². The molecule has 3 unspecified atom stereocenters. The minimum absolute atomic E-state index is 0.101. The number of phosphoric ester groups is 2. The molecule has 0 aromatic carbocycles. The highest BCUT2D eigenvalue weighted by Crippen LogP contribution is 2.45. The highest BCUT2D eigenvalue weighted by molar-refractivity contribution is 7.47. The fourth-order valence-corrected chi connectivity index (χ4v) is 11.7. The number of aliphatic hydroxyl groups excluding tert-OH is 1. The van der Waals surface area contributed by atoms with Crippen molar-refractivity contribution >= 4 is 39.5 Å². The van der Waals surface area contributed by atoms with Crippen molar-refractivity contribution in [3.63, 3.8) is 0 Å². The first kappa shape index (κ1) is 85.1. The van der Waals surface area contributed by atoms with E-state index in [9.17, 15) is 43.2 Å². The van der Waals surface area contributed by atoms with Gasteiger partial charge in [0.1, 0.15) is 19.3 Å². The molecule has 0 aromatic heterocycles. The number of carbonyl (C=O) groups excluding carboxylic acids is 4. The maximum absolute atomic E-state index is 13.0. The van der Waals surface area contributed by atoms with Crippen LogP contribution < -0.4 is 0 Å². The van der Waals surface area contributed by atoms with Crippen LogP contribution in [0.2, 0.25) is 0 Å². The number of rotatable bonds is 66. The van der Waals surface area contributed by atoms with Gasteiger partial charge >= 0.3 is 39.5 Å². The molecular formula is C68H132O17P2. The van der Waals surface area contributed by atoms with Crippen LogP contribution in [-0.4, -0.2) is 96.7 Å². The Morgan fingerprint density at radius 2 is 0.586 bits per heavy atom. The van der Waals surface area contributed by atoms with Gasteiger partial charge in [-0.15, -0.1) is 0 Å². The van der Waals surface area contributed by atoms with E-state index in [2.05, 4.69) is 48.5 Å². The summed E-state index contributed by atoms with van der Waals surface area (Å²) in [6, 6.07) is 0. The van der Waals surface area contributed by atoms with E-state index >= 15 is 0 Å². The van der Waals surface area contributed by atoms with Gasteiger partial charge in [-0.25, -0.2) is 9.13 Å². The Morgan fingerprint density at radius 1 is 0.333 bits per heavy atom. The summed E-state index contributed by atoms with van der Waals surface area (Å²) >= 11 is 0. The highest BCUT2D eigenvalue weighted by atomic mass is 31.2. The van der Waals surface area contributed by atoms with E-state index in [1.807, 2.05) is 0 Å². The van der Waals surface area contributed by atoms with Crippen molar-refractivity contribution in [1.82, 2.24) is 0 Å². The number of aliphatic hydroxyl groups is 1. The van der Waals surface area contributed by atoms with E-state index in [0.29, 0.717) is 37.5 Å². The Kier molecular flexibility index (Phi) is 57.8. The third kappa shape index (κ3) is 61.3. The average Bonchev–Trinajstić information content (AvgIpc) is 3.68. The second kappa shape index (κ2) is 59.1. The average molecular weight is 1280 g/mol. The van der Waals surface area contributed by atoms with Crippen LogP contribution in [-0.2, 0) is 65.4 Å². The minimum Gasteiger partial charge on any atom is -0.462 e. The third-order valence-electron chi connectivity index (χ3n) is 16.0. The van der Waals surface area contributed by atoms with Crippen molar-refractivity contribution in [2.24, 2.45) is 17.8 Å². The smallest absolute Gasteiger partial charge is 0.462 e. The van der Waals surface area contributed by atoms with Gasteiger partial charge in [0.25, 0.3) is 0 Å². The van der Waals surface area contributed by atoms with Crippen molar-refractivity contribution in [3.05, 3.63) is 0 Å². The molecule has 0 saturated heterocycles. The van der Waals surface area contributed by atoms with Crippen LogP contribution in [0.5, 0.6) is 0 Å². The first-order valence-electron chi connectivity index (χ1n) is 35.4. The number of unbranched alkanes of at least 4 members (excludes halogenated alkanes) is 33. The molecule has 0 aliphatic heterocycles. The Bertz CT molecular complexity index is 1720. The molecule has 17 nitrogen and oxygen atoms in total. The summed E-state index contributed by atoms with van der Waals surface area (Å²) in [5.41, 5.74) is 0. The van der Waals surface area contributed by atoms with Crippen LogP contribution in [0.1, 0.15) is 337 Å². The van der Waals surface area contributed by atoms with E-state index in [4.69, 9.17) is 37.0 Å². The van der Waals surface area contributed by atoms with Crippen LogP contribution in [0.4, 0.5) is 0 Å². The predicted octanol–water partition coefficient (Wildman–Crippen LogP) is 19.1.